The van der Waals surface area contributed by atoms with Gasteiger partial charge in [0.25, 0.3) is 11.6 Å². The lowest BCUT2D eigenvalue weighted by molar-refractivity contribution is -0.684. The third-order valence-corrected chi connectivity index (χ3v) is 3.50. The van der Waals surface area contributed by atoms with Crippen molar-refractivity contribution in [3.63, 3.8) is 0 Å². The standard InChI is InChI=1S/C16H20N4O4/c1-12(15-3-2-10-24-15)19-11-16(21)18-9-8-17-13-4-6-14(7-5-13)20(22)23/h2-7,10,12,17,19H,8-9,11H2,1H3,(H,18,21)/p+1/t12-/m0/s1. The fraction of sp³-hybridized carbons (Fsp3) is 0.312. The average molecular weight is 333 g/mol. The quantitative estimate of drug-likeness (QED) is 0.360. The zero-order valence-electron chi connectivity index (χ0n) is 13.4. The summed E-state index contributed by atoms with van der Waals surface area (Å²) < 4.78 is 5.28. The van der Waals surface area contributed by atoms with Crippen molar-refractivity contribution in [3.05, 3.63) is 58.5 Å². The number of hydrogen-bond acceptors (Lipinski definition) is 5. The van der Waals surface area contributed by atoms with E-state index in [1.807, 2.05) is 24.4 Å². The lowest BCUT2D eigenvalue weighted by Gasteiger charge is -2.09. The van der Waals surface area contributed by atoms with Gasteiger partial charge >= 0.3 is 0 Å². The van der Waals surface area contributed by atoms with Gasteiger partial charge in [0, 0.05) is 30.9 Å². The summed E-state index contributed by atoms with van der Waals surface area (Å²) in [6.45, 7) is 3.30. The van der Waals surface area contributed by atoms with E-state index in [0.717, 1.165) is 11.4 Å². The van der Waals surface area contributed by atoms with Gasteiger partial charge in [-0.15, -0.1) is 0 Å². The Balaban J connectivity index is 1.61. The fourth-order valence-electron chi connectivity index (χ4n) is 2.13. The second-order valence-electron chi connectivity index (χ2n) is 5.32. The van der Waals surface area contributed by atoms with E-state index in [0.29, 0.717) is 19.6 Å². The molecule has 24 heavy (non-hydrogen) atoms. The topological polar surface area (TPSA) is 114 Å². The lowest BCUT2D eigenvalue weighted by Crippen LogP contribution is -2.87. The third-order valence-electron chi connectivity index (χ3n) is 3.50. The van der Waals surface area contributed by atoms with Crippen LogP contribution in [-0.4, -0.2) is 30.5 Å². The van der Waals surface area contributed by atoms with Crippen LogP contribution in [0.3, 0.4) is 0 Å². The number of nitrogens with zero attached hydrogens (tertiary/aromatic N) is 1. The van der Waals surface area contributed by atoms with Crippen molar-refractivity contribution in [2.24, 2.45) is 0 Å². The van der Waals surface area contributed by atoms with Crippen LogP contribution in [0.5, 0.6) is 0 Å². The highest BCUT2D eigenvalue weighted by atomic mass is 16.6. The highest BCUT2D eigenvalue weighted by molar-refractivity contribution is 5.76. The fourth-order valence-corrected chi connectivity index (χ4v) is 2.13. The number of amides is 1. The Hall–Kier alpha value is -2.87. The summed E-state index contributed by atoms with van der Waals surface area (Å²) in [5.41, 5.74) is 0.822. The lowest BCUT2D eigenvalue weighted by atomic mass is 10.2. The zero-order valence-corrected chi connectivity index (χ0v) is 13.4. The van der Waals surface area contributed by atoms with E-state index >= 15 is 0 Å². The number of anilines is 1. The van der Waals surface area contributed by atoms with Gasteiger partial charge in [-0.1, -0.05) is 0 Å². The molecule has 0 saturated heterocycles. The molecule has 0 saturated carbocycles. The van der Waals surface area contributed by atoms with Crippen molar-refractivity contribution in [3.8, 4) is 0 Å². The Morgan fingerprint density at radius 2 is 2.04 bits per heavy atom. The van der Waals surface area contributed by atoms with Crippen molar-refractivity contribution in [2.75, 3.05) is 25.0 Å². The summed E-state index contributed by atoms with van der Waals surface area (Å²) in [5.74, 6) is 0.779. The Morgan fingerprint density at radius 3 is 2.67 bits per heavy atom. The molecule has 0 aliphatic rings. The number of hydrogen-bond donors (Lipinski definition) is 3. The number of carbonyl (C=O) groups excluding carboxylic acids is 1. The number of nitro groups is 1. The molecule has 0 radical (unpaired) electrons. The second kappa shape index (κ2) is 8.68. The number of quaternary nitrogens is 1. The van der Waals surface area contributed by atoms with Crippen LogP contribution in [0, 0.1) is 10.1 Å². The van der Waals surface area contributed by atoms with Gasteiger partial charge in [0.2, 0.25) is 0 Å². The van der Waals surface area contributed by atoms with Gasteiger partial charge in [0.1, 0.15) is 6.04 Å². The number of rotatable bonds is 9. The van der Waals surface area contributed by atoms with Gasteiger partial charge in [0.05, 0.1) is 11.2 Å². The van der Waals surface area contributed by atoms with E-state index in [-0.39, 0.29) is 17.6 Å². The molecule has 0 aliphatic carbocycles. The molecule has 0 bridgehead atoms. The first kappa shape index (κ1) is 17.5. The van der Waals surface area contributed by atoms with Crippen LogP contribution in [-0.2, 0) is 4.79 Å². The minimum Gasteiger partial charge on any atom is -0.463 e. The molecule has 128 valence electrons. The summed E-state index contributed by atoms with van der Waals surface area (Å²) in [6.07, 6.45) is 1.61. The molecule has 1 atom stereocenters. The summed E-state index contributed by atoms with van der Waals surface area (Å²) in [7, 11) is 0. The Kier molecular flexibility index (Phi) is 6.32. The van der Waals surface area contributed by atoms with Crippen LogP contribution in [0.25, 0.3) is 0 Å². The normalized spacial score (nSPS) is 11.7. The maximum absolute atomic E-state index is 11.8. The summed E-state index contributed by atoms with van der Waals surface area (Å²) >= 11 is 0. The Morgan fingerprint density at radius 1 is 1.29 bits per heavy atom. The van der Waals surface area contributed by atoms with E-state index in [4.69, 9.17) is 4.42 Å². The third kappa shape index (κ3) is 5.40. The largest absolute Gasteiger partial charge is 0.463 e. The molecule has 1 aromatic heterocycles. The maximum Gasteiger partial charge on any atom is 0.275 e. The van der Waals surface area contributed by atoms with Crippen LogP contribution >= 0.6 is 0 Å². The summed E-state index contributed by atoms with van der Waals surface area (Å²) in [5, 5.41) is 18.4. The number of nitrogens with one attached hydrogen (secondary N) is 2. The predicted octanol–water partition coefficient (Wildman–Crippen LogP) is 1.04. The van der Waals surface area contributed by atoms with Crippen molar-refractivity contribution in [2.45, 2.75) is 13.0 Å². The van der Waals surface area contributed by atoms with Gasteiger partial charge in [-0.25, -0.2) is 0 Å². The Labute approximate surface area is 139 Å². The zero-order chi connectivity index (χ0) is 17.4. The molecule has 1 aromatic carbocycles. The van der Waals surface area contributed by atoms with E-state index < -0.39 is 4.92 Å². The maximum atomic E-state index is 11.8. The minimum atomic E-state index is -0.440. The molecule has 2 rings (SSSR count). The monoisotopic (exact) mass is 333 g/mol. The molecular formula is C16H21N4O4+. The van der Waals surface area contributed by atoms with Crippen molar-refractivity contribution < 1.29 is 19.5 Å². The van der Waals surface area contributed by atoms with E-state index in [1.54, 1.807) is 18.4 Å². The SMILES string of the molecule is C[C@H]([NH2+]CC(=O)NCCNc1ccc([N+](=O)[O-])cc1)c1ccco1. The molecule has 8 nitrogen and oxygen atoms in total. The number of nitrogens with two attached hydrogens (primary N) is 1. The minimum absolute atomic E-state index is 0.0510. The van der Waals surface area contributed by atoms with Gasteiger partial charge in [0.15, 0.2) is 12.3 Å². The summed E-state index contributed by atoms with van der Waals surface area (Å²) in [4.78, 5) is 21.9. The predicted molar refractivity (Wildman–Crippen MR) is 88.5 cm³/mol. The van der Waals surface area contributed by atoms with Crippen LogP contribution in [0.2, 0.25) is 0 Å². The molecule has 1 amide bonds. The molecule has 1 heterocycles. The molecule has 2 aromatic rings. The second-order valence-corrected chi connectivity index (χ2v) is 5.32. The highest BCUT2D eigenvalue weighted by Gasteiger charge is 2.13. The van der Waals surface area contributed by atoms with Crippen molar-refractivity contribution in [1.29, 1.82) is 0 Å². The van der Waals surface area contributed by atoms with E-state index in [1.165, 1.54) is 12.1 Å². The molecule has 0 aliphatic heterocycles. The van der Waals surface area contributed by atoms with Crippen LogP contribution in [0.15, 0.2) is 47.1 Å². The number of furan rings is 1. The molecule has 0 unspecified atom stereocenters. The highest BCUT2D eigenvalue weighted by Crippen LogP contribution is 2.14. The van der Waals surface area contributed by atoms with E-state index in [2.05, 4.69) is 10.6 Å². The van der Waals surface area contributed by atoms with Crippen molar-refractivity contribution in [1.82, 2.24) is 5.32 Å². The first-order chi connectivity index (χ1) is 11.6. The van der Waals surface area contributed by atoms with Crippen molar-refractivity contribution >= 4 is 17.3 Å². The molecular weight excluding hydrogens is 312 g/mol. The number of nitro benzene ring substituents is 1. The summed E-state index contributed by atoms with van der Waals surface area (Å²) in [6, 6.07) is 9.94. The van der Waals surface area contributed by atoms with Gasteiger partial charge in [-0.3, -0.25) is 14.9 Å². The molecule has 8 heteroatoms. The van der Waals surface area contributed by atoms with Gasteiger partial charge in [-0.05, 0) is 31.2 Å². The van der Waals surface area contributed by atoms with E-state index in [9.17, 15) is 14.9 Å². The number of benzene rings is 1. The first-order valence-electron chi connectivity index (χ1n) is 7.68. The van der Waals surface area contributed by atoms with Gasteiger partial charge < -0.3 is 20.4 Å². The molecule has 0 spiro atoms. The average Bonchev–Trinajstić information content (AvgIpc) is 3.11. The van der Waals surface area contributed by atoms with Gasteiger partial charge in [-0.2, -0.15) is 0 Å². The number of non-ortho nitro benzene ring substituents is 1. The van der Waals surface area contributed by atoms with Crippen LogP contribution in [0.1, 0.15) is 18.7 Å². The number of carbonyl (C=O) groups is 1. The Bertz CT molecular complexity index is 655. The smallest absolute Gasteiger partial charge is 0.275 e. The first-order valence-corrected chi connectivity index (χ1v) is 7.68. The van der Waals surface area contributed by atoms with Crippen LogP contribution in [0.4, 0.5) is 11.4 Å². The van der Waals surface area contributed by atoms with Crippen LogP contribution < -0.4 is 16.0 Å². The molecule has 0 fully saturated rings. The molecule has 4 N–H and O–H groups in total.